The molecular formula is C12H20N2O4. The summed E-state index contributed by atoms with van der Waals surface area (Å²) in [6, 6.07) is 0. The number of carbonyl (C=O) groups is 2. The maximum absolute atomic E-state index is 11.4. The molecule has 2 saturated heterocycles. The molecule has 6 heteroatoms. The van der Waals surface area contributed by atoms with Gasteiger partial charge in [-0.3, -0.25) is 0 Å². The van der Waals surface area contributed by atoms with Crippen LogP contribution < -0.4 is 0 Å². The summed E-state index contributed by atoms with van der Waals surface area (Å²) in [6.07, 6.45) is 3.17. The zero-order valence-electron chi connectivity index (χ0n) is 10.6. The van der Waals surface area contributed by atoms with Crippen LogP contribution in [-0.4, -0.2) is 61.4 Å². The summed E-state index contributed by atoms with van der Waals surface area (Å²) in [7, 11) is 0. The Morgan fingerprint density at radius 2 is 1.28 bits per heavy atom. The zero-order valence-corrected chi connectivity index (χ0v) is 10.6. The molecule has 0 aromatic carbocycles. The summed E-state index contributed by atoms with van der Waals surface area (Å²) in [5.74, 6) is 0. The Morgan fingerprint density at radius 3 is 1.67 bits per heavy atom. The van der Waals surface area contributed by atoms with Gasteiger partial charge in [-0.1, -0.05) is 0 Å². The first-order valence-corrected chi connectivity index (χ1v) is 6.61. The second-order valence-corrected chi connectivity index (χ2v) is 4.62. The lowest BCUT2D eigenvalue weighted by molar-refractivity contribution is 0.0662. The van der Waals surface area contributed by atoms with Gasteiger partial charge in [0.05, 0.1) is 13.2 Å². The molecule has 0 bridgehead atoms. The zero-order chi connectivity index (χ0) is 12.8. The minimum absolute atomic E-state index is 0.210. The molecule has 2 aliphatic rings. The van der Waals surface area contributed by atoms with Crippen molar-refractivity contribution in [3.63, 3.8) is 0 Å². The van der Waals surface area contributed by atoms with E-state index in [4.69, 9.17) is 9.47 Å². The van der Waals surface area contributed by atoms with Crippen molar-refractivity contribution in [2.75, 3.05) is 39.4 Å². The lowest BCUT2D eigenvalue weighted by Crippen LogP contribution is -2.40. The molecule has 0 spiro atoms. The predicted octanol–water partition coefficient (Wildman–Crippen LogP) is 1.45. The molecule has 0 atom stereocenters. The van der Waals surface area contributed by atoms with Crippen LogP contribution in [0.1, 0.15) is 25.7 Å². The van der Waals surface area contributed by atoms with Crippen LogP contribution in [0.15, 0.2) is 0 Å². The number of carbonyl (C=O) groups excluding carboxylic acids is 2. The monoisotopic (exact) mass is 256 g/mol. The first kappa shape index (κ1) is 13.0. The van der Waals surface area contributed by atoms with Gasteiger partial charge in [-0.05, 0) is 25.7 Å². The average molecular weight is 256 g/mol. The molecule has 6 nitrogen and oxygen atoms in total. The van der Waals surface area contributed by atoms with Crippen LogP contribution in [0.3, 0.4) is 0 Å². The largest absolute Gasteiger partial charge is 0.449 e. The molecule has 2 rings (SSSR count). The van der Waals surface area contributed by atoms with E-state index in [9.17, 15) is 9.59 Å². The highest BCUT2D eigenvalue weighted by Crippen LogP contribution is 2.09. The maximum Gasteiger partial charge on any atom is 0.409 e. The van der Waals surface area contributed by atoms with Crippen molar-refractivity contribution >= 4 is 12.2 Å². The van der Waals surface area contributed by atoms with Crippen molar-refractivity contribution in [3.8, 4) is 0 Å². The number of nitrogens with zero attached hydrogens (tertiary/aromatic N) is 2. The van der Waals surface area contributed by atoms with Gasteiger partial charge in [-0.15, -0.1) is 0 Å². The minimum atomic E-state index is -0.210. The van der Waals surface area contributed by atoms with Crippen LogP contribution >= 0.6 is 0 Å². The van der Waals surface area contributed by atoms with Gasteiger partial charge < -0.3 is 19.3 Å². The number of unbranched alkanes of at least 4 members (excludes halogenated alkanes) is 1. The number of rotatable bonds is 5. The van der Waals surface area contributed by atoms with Gasteiger partial charge in [0, 0.05) is 26.2 Å². The molecule has 2 amide bonds. The van der Waals surface area contributed by atoms with Gasteiger partial charge in [-0.2, -0.15) is 0 Å². The number of hydrogen-bond acceptors (Lipinski definition) is 4. The molecule has 2 fully saturated rings. The SMILES string of the molecule is O=C1OCCCN1CCCCN1CCCOC1=O. The third kappa shape index (κ3) is 3.51. The molecular weight excluding hydrogens is 236 g/mol. The fraction of sp³-hybridized carbons (Fsp3) is 0.833. The Labute approximate surface area is 107 Å². The fourth-order valence-corrected chi connectivity index (χ4v) is 2.21. The van der Waals surface area contributed by atoms with Gasteiger partial charge in [0.2, 0.25) is 0 Å². The lowest BCUT2D eigenvalue weighted by Gasteiger charge is -2.28. The molecule has 18 heavy (non-hydrogen) atoms. The summed E-state index contributed by atoms with van der Waals surface area (Å²) in [6.45, 7) is 4.06. The van der Waals surface area contributed by atoms with Crippen molar-refractivity contribution in [1.82, 2.24) is 9.80 Å². The number of hydrogen-bond donors (Lipinski definition) is 0. The molecule has 0 aromatic heterocycles. The van der Waals surface area contributed by atoms with Crippen molar-refractivity contribution in [2.45, 2.75) is 25.7 Å². The summed E-state index contributed by atoms with van der Waals surface area (Å²) < 4.78 is 9.91. The summed E-state index contributed by atoms with van der Waals surface area (Å²) >= 11 is 0. The maximum atomic E-state index is 11.4. The molecule has 2 heterocycles. The first-order valence-electron chi connectivity index (χ1n) is 6.61. The van der Waals surface area contributed by atoms with Crippen LogP contribution in [0.25, 0.3) is 0 Å². The van der Waals surface area contributed by atoms with Crippen LogP contribution in [0.5, 0.6) is 0 Å². The third-order valence-electron chi connectivity index (χ3n) is 3.22. The molecule has 0 N–H and O–H groups in total. The molecule has 0 aromatic rings. The van der Waals surface area contributed by atoms with E-state index in [2.05, 4.69) is 0 Å². The summed E-state index contributed by atoms with van der Waals surface area (Å²) in [4.78, 5) is 26.2. The Balaban J connectivity index is 1.60. The predicted molar refractivity (Wildman–Crippen MR) is 64.3 cm³/mol. The van der Waals surface area contributed by atoms with E-state index >= 15 is 0 Å². The molecule has 0 saturated carbocycles. The van der Waals surface area contributed by atoms with E-state index in [1.807, 2.05) is 0 Å². The Kier molecular flexibility index (Phi) is 4.66. The Morgan fingerprint density at radius 1 is 0.833 bits per heavy atom. The van der Waals surface area contributed by atoms with E-state index in [1.165, 1.54) is 0 Å². The third-order valence-corrected chi connectivity index (χ3v) is 3.22. The molecule has 102 valence electrons. The quantitative estimate of drug-likeness (QED) is 0.699. The van der Waals surface area contributed by atoms with Crippen molar-refractivity contribution in [3.05, 3.63) is 0 Å². The Bertz CT molecular complexity index is 278. The second-order valence-electron chi connectivity index (χ2n) is 4.62. The fourth-order valence-electron chi connectivity index (χ4n) is 2.21. The van der Waals surface area contributed by atoms with Gasteiger partial charge in [0.15, 0.2) is 0 Å². The molecule has 0 radical (unpaired) electrons. The van der Waals surface area contributed by atoms with Gasteiger partial charge >= 0.3 is 12.2 Å². The summed E-state index contributed by atoms with van der Waals surface area (Å²) in [5.41, 5.74) is 0. The first-order chi connectivity index (χ1) is 8.77. The minimum Gasteiger partial charge on any atom is -0.449 e. The van der Waals surface area contributed by atoms with E-state index in [1.54, 1.807) is 9.80 Å². The highest BCUT2D eigenvalue weighted by Gasteiger charge is 2.20. The lowest BCUT2D eigenvalue weighted by atomic mass is 10.2. The molecule has 0 aliphatic carbocycles. The molecule has 2 aliphatic heterocycles. The number of ether oxygens (including phenoxy) is 2. The van der Waals surface area contributed by atoms with Gasteiger partial charge in [-0.25, -0.2) is 9.59 Å². The van der Waals surface area contributed by atoms with Crippen LogP contribution in [0.2, 0.25) is 0 Å². The van der Waals surface area contributed by atoms with Gasteiger partial charge in [0.1, 0.15) is 0 Å². The smallest absolute Gasteiger partial charge is 0.409 e. The van der Waals surface area contributed by atoms with Crippen molar-refractivity contribution in [2.24, 2.45) is 0 Å². The van der Waals surface area contributed by atoms with Crippen molar-refractivity contribution in [1.29, 1.82) is 0 Å². The standard InChI is InChI=1S/C12H20N2O4/c15-11-13(7-3-9-17-11)5-1-2-6-14-8-4-10-18-12(14)16/h1-10H2. The van der Waals surface area contributed by atoms with E-state index in [-0.39, 0.29) is 12.2 Å². The van der Waals surface area contributed by atoms with Crippen LogP contribution in [-0.2, 0) is 9.47 Å². The number of amides is 2. The van der Waals surface area contributed by atoms with Crippen LogP contribution in [0.4, 0.5) is 9.59 Å². The van der Waals surface area contributed by atoms with Crippen LogP contribution in [0, 0.1) is 0 Å². The van der Waals surface area contributed by atoms with E-state index in [0.717, 1.165) is 38.8 Å². The number of cyclic esters (lactones) is 2. The molecule has 0 unspecified atom stereocenters. The highest BCUT2D eigenvalue weighted by molar-refractivity contribution is 5.68. The average Bonchev–Trinajstić information content (AvgIpc) is 2.38. The van der Waals surface area contributed by atoms with E-state index < -0.39 is 0 Å². The van der Waals surface area contributed by atoms with Crippen molar-refractivity contribution < 1.29 is 19.1 Å². The van der Waals surface area contributed by atoms with Gasteiger partial charge in [0.25, 0.3) is 0 Å². The Hall–Kier alpha value is -1.46. The second kappa shape index (κ2) is 6.47. The van der Waals surface area contributed by atoms with E-state index in [0.29, 0.717) is 26.3 Å². The highest BCUT2D eigenvalue weighted by atomic mass is 16.6. The normalized spacial score (nSPS) is 20.7. The topological polar surface area (TPSA) is 59.1 Å². The summed E-state index contributed by atoms with van der Waals surface area (Å²) in [5, 5.41) is 0.